The summed E-state index contributed by atoms with van der Waals surface area (Å²) in [6.45, 7) is 0. The van der Waals surface area contributed by atoms with Crippen LogP contribution in [0.2, 0.25) is 5.15 Å². The molecular weight excluding hydrogens is 198 g/mol. The predicted molar refractivity (Wildman–Crippen MR) is 56.9 cm³/mol. The number of aromatic nitrogens is 2. The number of halogens is 1. The Bertz CT molecular complexity index is 439. The van der Waals surface area contributed by atoms with Crippen LogP contribution in [0.3, 0.4) is 0 Å². The number of rotatable bonds is 1. The van der Waals surface area contributed by atoms with Crippen LogP contribution >= 0.6 is 11.6 Å². The van der Waals surface area contributed by atoms with Gasteiger partial charge in [0.25, 0.3) is 0 Å². The van der Waals surface area contributed by atoms with Crippen molar-refractivity contribution in [3.63, 3.8) is 0 Å². The van der Waals surface area contributed by atoms with Gasteiger partial charge in [0.2, 0.25) is 0 Å². The normalized spacial score (nSPS) is 10.1. The Balaban J connectivity index is 2.50. The minimum atomic E-state index is 0.400. The monoisotopic (exact) mass is 205 g/mol. The molecule has 0 amide bonds. The maximum atomic E-state index is 5.89. The Morgan fingerprint density at radius 1 is 1.00 bits per heavy atom. The van der Waals surface area contributed by atoms with Gasteiger partial charge < -0.3 is 5.73 Å². The third-order valence-electron chi connectivity index (χ3n) is 1.84. The Morgan fingerprint density at radius 3 is 2.29 bits per heavy atom. The van der Waals surface area contributed by atoms with Crippen molar-refractivity contribution in [2.24, 2.45) is 0 Å². The van der Waals surface area contributed by atoms with Gasteiger partial charge >= 0.3 is 0 Å². The van der Waals surface area contributed by atoms with E-state index in [1.165, 1.54) is 0 Å². The summed E-state index contributed by atoms with van der Waals surface area (Å²) in [5.41, 5.74) is 7.88. The number of hydrogen-bond acceptors (Lipinski definition) is 3. The van der Waals surface area contributed by atoms with Crippen LogP contribution in [0.1, 0.15) is 0 Å². The first kappa shape index (κ1) is 8.97. The van der Waals surface area contributed by atoms with Crippen LogP contribution < -0.4 is 5.73 Å². The second kappa shape index (κ2) is 3.64. The molecule has 3 nitrogen and oxygen atoms in total. The predicted octanol–water partition coefficient (Wildman–Crippen LogP) is 2.38. The molecule has 1 heterocycles. The molecule has 0 bridgehead atoms. The standard InChI is InChI=1S/C10H8ClN3/c11-10-9(13-5-6-14-10)7-1-3-8(12)4-2-7/h1-6H,12H2. The minimum absolute atomic E-state index is 0.400. The van der Waals surface area contributed by atoms with E-state index in [1.807, 2.05) is 12.1 Å². The first-order chi connectivity index (χ1) is 6.77. The highest BCUT2D eigenvalue weighted by Gasteiger charge is 2.04. The van der Waals surface area contributed by atoms with Crippen LogP contribution in [-0.4, -0.2) is 9.97 Å². The molecule has 1 aromatic carbocycles. The van der Waals surface area contributed by atoms with Gasteiger partial charge in [0.05, 0.1) is 0 Å². The third-order valence-corrected chi connectivity index (χ3v) is 2.11. The molecule has 14 heavy (non-hydrogen) atoms. The lowest BCUT2D eigenvalue weighted by Crippen LogP contribution is -1.88. The van der Waals surface area contributed by atoms with Gasteiger partial charge in [0.1, 0.15) is 5.69 Å². The highest BCUT2D eigenvalue weighted by Crippen LogP contribution is 2.23. The molecule has 2 aromatic rings. The molecule has 0 aliphatic heterocycles. The van der Waals surface area contributed by atoms with E-state index < -0.39 is 0 Å². The van der Waals surface area contributed by atoms with Gasteiger partial charge in [-0.05, 0) is 12.1 Å². The zero-order valence-electron chi connectivity index (χ0n) is 7.31. The SMILES string of the molecule is Nc1ccc(-c2nccnc2Cl)cc1. The number of nitrogens with zero attached hydrogens (tertiary/aromatic N) is 2. The molecule has 0 aliphatic rings. The molecule has 0 saturated carbocycles. The highest BCUT2D eigenvalue weighted by atomic mass is 35.5. The molecule has 0 fully saturated rings. The Kier molecular flexibility index (Phi) is 2.33. The lowest BCUT2D eigenvalue weighted by atomic mass is 10.1. The van der Waals surface area contributed by atoms with E-state index in [1.54, 1.807) is 24.5 Å². The molecule has 0 atom stereocenters. The molecule has 0 spiro atoms. The second-order valence-electron chi connectivity index (χ2n) is 2.82. The van der Waals surface area contributed by atoms with Crippen molar-refractivity contribution in [3.8, 4) is 11.3 Å². The first-order valence-electron chi connectivity index (χ1n) is 4.10. The molecule has 0 aliphatic carbocycles. The van der Waals surface area contributed by atoms with Crippen molar-refractivity contribution in [2.45, 2.75) is 0 Å². The van der Waals surface area contributed by atoms with E-state index in [4.69, 9.17) is 17.3 Å². The van der Waals surface area contributed by atoms with E-state index in [-0.39, 0.29) is 0 Å². The Morgan fingerprint density at radius 2 is 1.64 bits per heavy atom. The number of anilines is 1. The summed E-state index contributed by atoms with van der Waals surface area (Å²) in [7, 11) is 0. The fourth-order valence-electron chi connectivity index (χ4n) is 1.16. The average Bonchev–Trinajstić information content (AvgIpc) is 2.20. The van der Waals surface area contributed by atoms with Crippen molar-refractivity contribution in [3.05, 3.63) is 41.8 Å². The molecule has 0 saturated heterocycles. The summed E-state index contributed by atoms with van der Waals surface area (Å²) in [5, 5.41) is 0.400. The molecule has 0 unspecified atom stereocenters. The topological polar surface area (TPSA) is 51.8 Å². The molecule has 2 N–H and O–H groups in total. The average molecular weight is 206 g/mol. The zero-order valence-corrected chi connectivity index (χ0v) is 8.07. The van der Waals surface area contributed by atoms with Crippen LogP contribution in [0.5, 0.6) is 0 Å². The Labute approximate surface area is 86.6 Å². The molecule has 4 heteroatoms. The van der Waals surface area contributed by atoms with Gasteiger partial charge in [0, 0.05) is 23.6 Å². The van der Waals surface area contributed by atoms with E-state index in [9.17, 15) is 0 Å². The summed E-state index contributed by atoms with van der Waals surface area (Å²) in [5.74, 6) is 0. The lowest BCUT2D eigenvalue weighted by molar-refractivity contribution is 1.21. The summed E-state index contributed by atoms with van der Waals surface area (Å²) in [6.07, 6.45) is 3.17. The maximum absolute atomic E-state index is 5.89. The van der Waals surface area contributed by atoms with E-state index >= 15 is 0 Å². The molecular formula is C10H8ClN3. The van der Waals surface area contributed by atoms with E-state index in [0.29, 0.717) is 16.5 Å². The number of hydrogen-bond donors (Lipinski definition) is 1. The molecule has 1 aromatic heterocycles. The number of nitrogens with two attached hydrogens (primary N) is 1. The van der Waals surface area contributed by atoms with E-state index in [2.05, 4.69) is 9.97 Å². The summed E-state index contributed by atoms with van der Waals surface area (Å²) < 4.78 is 0. The minimum Gasteiger partial charge on any atom is -0.399 e. The lowest BCUT2D eigenvalue weighted by Gasteiger charge is -2.01. The molecule has 2 rings (SSSR count). The summed E-state index contributed by atoms with van der Waals surface area (Å²) in [4.78, 5) is 8.09. The van der Waals surface area contributed by atoms with Crippen molar-refractivity contribution in [1.82, 2.24) is 9.97 Å². The number of nitrogen functional groups attached to an aromatic ring is 1. The third kappa shape index (κ3) is 1.67. The number of benzene rings is 1. The first-order valence-corrected chi connectivity index (χ1v) is 4.47. The van der Waals surface area contributed by atoms with Gasteiger partial charge in [-0.3, -0.25) is 4.98 Å². The van der Waals surface area contributed by atoms with Crippen LogP contribution in [0, 0.1) is 0 Å². The molecule has 0 radical (unpaired) electrons. The second-order valence-corrected chi connectivity index (χ2v) is 3.18. The summed E-state index contributed by atoms with van der Waals surface area (Å²) in [6, 6.07) is 7.34. The highest BCUT2D eigenvalue weighted by molar-refractivity contribution is 6.31. The van der Waals surface area contributed by atoms with Crippen LogP contribution in [-0.2, 0) is 0 Å². The molecule has 70 valence electrons. The van der Waals surface area contributed by atoms with Gasteiger partial charge in [-0.1, -0.05) is 23.7 Å². The van der Waals surface area contributed by atoms with Crippen LogP contribution in [0.4, 0.5) is 5.69 Å². The van der Waals surface area contributed by atoms with Gasteiger partial charge in [0.15, 0.2) is 5.15 Å². The zero-order chi connectivity index (χ0) is 9.97. The van der Waals surface area contributed by atoms with Crippen LogP contribution in [0.25, 0.3) is 11.3 Å². The largest absolute Gasteiger partial charge is 0.399 e. The smallest absolute Gasteiger partial charge is 0.155 e. The van der Waals surface area contributed by atoms with Gasteiger partial charge in [-0.2, -0.15) is 0 Å². The van der Waals surface area contributed by atoms with E-state index in [0.717, 1.165) is 5.56 Å². The fraction of sp³-hybridized carbons (Fsp3) is 0. The van der Waals surface area contributed by atoms with Crippen molar-refractivity contribution in [2.75, 3.05) is 5.73 Å². The fourth-order valence-corrected chi connectivity index (χ4v) is 1.37. The van der Waals surface area contributed by atoms with Gasteiger partial charge in [-0.25, -0.2) is 4.98 Å². The summed E-state index contributed by atoms with van der Waals surface area (Å²) >= 11 is 5.89. The van der Waals surface area contributed by atoms with Gasteiger partial charge in [-0.15, -0.1) is 0 Å². The quantitative estimate of drug-likeness (QED) is 0.728. The van der Waals surface area contributed by atoms with Crippen molar-refractivity contribution < 1.29 is 0 Å². The van der Waals surface area contributed by atoms with Crippen LogP contribution in [0.15, 0.2) is 36.7 Å². The van der Waals surface area contributed by atoms with Crippen molar-refractivity contribution >= 4 is 17.3 Å². The van der Waals surface area contributed by atoms with Crippen molar-refractivity contribution in [1.29, 1.82) is 0 Å². The maximum Gasteiger partial charge on any atom is 0.155 e. The Hall–Kier alpha value is -1.61.